The van der Waals surface area contributed by atoms with Crippen LogP contribution in [0, 0.1) is 0 Å². The molecular formula is C16H24ClN3O2Si. The normalized spacial score (nSPS) is 11.7. The van der Waals surface area contributed by atoms with E-state index in [2.05, 4.69) is 24.7 Å². The molecule has 5 nitrogen and oxygen atoms in total. The summed E-state index contributed by atoms with van der Waals surface area (Å²) in [6, 6.07) is 6.51. The van der Waals surface area contributed by atoms with E-state index in [1.54, 1.807) is 36.2 Å². The van der Waals surface area contributed by atoms with E-state index in [-0.39, 0.29) is 0 Å². The highest BCUT2D eigenvalue weighted by Crippen LogP contribution is 2.34. The van der Waals surface area contributed by atoms with Gasteiger partial charge in [-0.2, -0.15) is 5.10 Å². The lowest BCUT2D eigenvalue weighted by Gasteiger charge is -2.15. The third-order valence-corrected chi connectivity index (χ3v) is 5.37. The lowest BCUT2D eigenvalue weighted by Crippen LogP contribution is -2.22. The standard InChI is InChI=1S/C16H24ClN3O2Si/c1-21-15-6-5-12(17)9-13(15)16-14(18)10-20(19-16)11-22-7-8-23(2,3)4/h5-6,9-10H,7-8,11,18H2,1-4H3. The SMILES string of the molecule is COc1ccc(Cl)cc1-c1nn(COCC[Si](C)(C)C)cc1N. The third-order valence-electron chi connectivity index (χ3n) is 3.43. The maximum absolute atomic E-state index is 6.09. The zero-order valence-electron chi connectivity index (χ0n) is 14.1. The van der Waals surface area contributed by atoms with Crippen molar-refractivity contribution >= 4 is 25.4 Å². The molecule has 1 aromatic heterocycles. The largest absolute Gasteiger partial charge is 0.496 e. The van der Waals surface area contributed by atoms with Gasteiger partial charge >= 0.3 is 0 Å². The van der Waals surface area contributed by atoms with Crippen molar-refractivity contribution < 1.29 is 9.47 Å². The number of methoxy groups -OCH3 is 1. The van der Waals surface area contributed by atoms with Crippen molar-refractivity contribution in [2.45, 2.75) is 32.4 Å². The van der Waals surface area contributed by atoms with Crippen LogP contribution in [-0.2, 0) is 11.5 Å². The van der Waals surface area contributed by atoms with Gasteiger partial charge in [0.2, 0.25) is 0 Å². The summed E-state index contributed by atoms with van der Waals surface area (Å²) in [6.45, 7) is 8.10. The van der Waals surface area contributed by atoms with Gasteiger partial charge in [-0.1, -0.05) is 31.2 Å². The van der Waals surface area contributed by atoms with Crippen molar-refractivity contribution in [2.75, 3.05) is 19.5 Å². The van der Waals surface area contributed by atoms with Crippen molar-refractivity contribution in [3.05, 3.63) is 29.4 Å². The minimum absolute atomic E-state index is 0.386. The van der Waals surface area contributed by atoms with Crippen molar-refractivity contribution in [3.8, 4) is 17.0 Å². The zero-order valence-corrected chi connectivity index (χ0v) is 15.9. The van der Waals surface area contributed by atoms with Crippen LogP contribution in [-0.4, -0.2) is 31.6 Å². The van der Waals surface area contributed by atoms with E-state index in [0.717, 1.165) is 18.2 Å². The van der Waals surface area contributed by atoms with Crippen LogP contribution in [0.2, 0.25) is 30.7 Å². The zero-order chi connectivity index (χ0) is 17.0. The molecule has 0 aliphatic heterocycles. The molecule has 0 atom stereocenters. The molecule has 0 aliphatic rings. The maximum atomic E-state index is 6.09. The molecule has 7 heteroatoms. The molecule has 0 amide bonds. The molecule has 2 rings (SSSR count). The van der Waals surface area contributed by atoms with Crippen LogP contribution < -0.4 is 10.5 Å². The highest BCUT2D eigenvalue weighted by Gasteiger charge is 2.15. The smallest absolute Gasteiger partial charge is 0.139 e. The van der Waals surface area contributed by atoms with E-state index in [4.69, 9.17) is 26.8 Å². The molecule has 126 valence electrons. The number of nitrogens with two attached hydrogens (primary N) is 1. The predicted molar refractivity (Wildman–Crippen MR) is 97.7 cm³/mol. The number of aromatic nitrogens is 2. The average Bonchev–Trinajstić information content (AvgIpc) is 2.83. The quantitative estimate of drug-likeness (QED) is 0.601. The summed E-state index contributed by atoms with van der Waals surface area (Å²) in [4.78, 5) is 0. The van der Waals surface area contributed by atoms with Crippen LogP contribution in [0.1, 0.15) is 0 Å². The van der Waals surface area contributed by atoms with E-state index in [9.17, 15) is 0 Å². The van der Waals surface area contributed by atoms with Crippen molar-refractivity contribution in [1.29, 1.82) is 0 Å². The van der Waals surface area contributed by atoms with E-state index in [1.807, 2.05) is 0 Å². The minimum atomic E-state index is -1.08. The number of hydrogen-bond acceptors (Lipinski definition) is 4. The number of halogens is 1. The van der Waals surface area contributed by atoms with E-state index in [0.29, 0.717) is 28.9 Å². The number of hydrogen-bond donors (Lipinski definition) is 1. The minimum Gasteiger partial charge on any atom is -0.496 e. The second-order valence-electron chi connectivity index (χ2n) is 6.67. The number of nitrogen functional groups attached to an aromatic ring is 1. The van der Waals surface area contributed by atoms with Gasteiger partial charge in [0.1, 0.15) is 18.2 Å². The number of nitrogens with zero attached hydrogens (tertiary/aromatic N) is 2. The van der Waals surface area contributed by atoms with Gasteiger partial charge in [-0.15, -0.1) is 0 Å². The predicted octanol–water partition coefficient (Wildman–Crippen LogP) is 4.11. The molecule has 23 heavy (non-hydrogen) atoms. The molecule has 0 spiro atoms. The summed E-state index contributed by atoms with van der Waals surface area (Å²) >= 11 is 6.08. The van der Waals surface area contributed by atoms with E-state index >= 15 is 0 Å². The summed E-state index contributed by atoms with van der Waals surface area (Å²) in [6.07, 6.45) is 1.77. The molecule has 0 bridgehead atoms. The van der Waals surface area contributed by atoms with Gasteiger partial charge in [0.15, 0.2) is 0 Å². The molecule has 0 saturated carbocycles. The third kappa shape index (κ3) is 4.99. The number of ether oxygens (including phenoxy) is 2. The average molecular weight is 354 g/mol. The summed E-state index contributed by atoms with van der Waals surface area (Å²) < 4.78 is 12.8. The van der Waals surface area contributed by atoms with Gasteiger partial charge in [0.25, 0.3) is 0 Å². The first-order chi connectivity index (χ1) is 10.8. The molecule has 1 heterocycles. The Kier molecular flexibility index (Phi) is 5.72. The fourth-order valence-electron chi connectivity index (χ4n) is 2.11. The van der Waals surface area contributed by atoms with Gasteiger partial charge < -0.3 is 15.2 Å². The second-order valence-corrected chi connectivity index (χ2v) is 12.7. The Labute approximate surface area is 143 Å². The fourth-order valence-corrected chi connectivity index (χ4v) is 3.04. The lowest BCUT2D eigenvalue weighted by atomic mass is 10.1. The van der Waals surface area contributed by atoms with Crippen molar-refractivity contribution in [3.63, 3.8) is 0 Å². The molecule has 2 aromatic rings. The molecule has 0 unspecified atom stereocenters. The molecule has 0 saturated heterocycles. The first-order valence-corrected chi connectivity index (χ1v) is 11.6. The van der Waals surface area contributed by atoms with Crippen LogP contribution in [0.3, 0.4) is 0 Å². The van der Waals surface area contributed by atoms with Gasteiger partial charge in [-0.3, -0.25) is 0 Å². The molecule has 0 aliphatic carbocycles. The first-order valence-electron chi connectivity index (χ1n) is 7.55. The molecule has 2 N–H and O–H groups in total. The van der Waals surface area contributed by atoms with Crippen LogP contribution in [0.5, 0.6) is 5.75 Å². The van der Waals surface area contributed by atoms with Crippen molar-refractivity contribution in [1.82, 2.24) is 9.78 Å². The van der Waals surface area contributed by atoms with Gasteiger partial charge in [-0.25, -0.2) is 4.68 Å². The molecule has 0 radical (unpaired) electrons. The van der Waals surface area contributed by atoms with Crippen LogP contribution >= 0.6 is 11.6 Å². The summed E-state index contributed by atoms with van der Waals surface area (Å²) in [7, 11) is 0.528. The lowest BCUT2D eigenvalue weighted by molar-refractivity contribution is 0.0788. The summed E-state index contributed by atoms with van der Waals surface area (Å²) in [5.41, 5.74) is 8.09. The van der Waals surface area contributed by atoms with Gasteiger partial charge in [0, 0.05) is 25.3 Å². The highest BCUT2D eigenvalue weighted by atomic mass is 35.5. The van der Waals surface area contributed by atoms with E-state index in [1.165, 1.54) is 0 Å². The Hall–Kier alpha value is -1.50. The fraction of sp³-hybridized carbons (Fsp3) is 0.438. The Balaban J connectivity index is 2.11. The Morgan fingerprint density at radius 1 is 1.30 bits per heavy atom. The number of anilines is 1. The second kappa shape index (κ2) is 7.38. The summed E-state index contributed by atoms with van der Waals surface area (Å²) in [5.74, 6) is 0.686. The molecular weight excluding hydrogens is 330 g/mol. The number of rotatable bonds is 7. The highest BCUT2D eigenvalue weighted by molar-refractivity contribution is 6.76. The Morgan fingerprint density at radius 2 is 2.04 bits per heavy atom. The topological polar surface area (TPSA) is 62.3 Å². The molecule has 0 fully saturated rings. The van der Waals surface area contributed by atoms with E-state index < -0.39 is 8.07 Å². The Bertz CT molecular complexity index is 668. The Morgan fingerprint density at radius 3 is 2.70 bits per heavy atom. The number of benzene rings is 1. The first kappa shape index (κ1) is 17.8. The van der Waals surface area contributed by atoms with Gasteiger partial charge in [0.05, 0.1) is 19.0 Å². The van der Waals surface area contributed by atoms with Crippen molar-refractivity contribution in [2.24, 2.45) is 0 Å². The van der Waals surface area contributed by atoms with Crippen LogP contribution in [0.25, 0.3) is 11.3 Å². The van der Waals surface area contributed by atoms with Gasteiger partial charge in [-0.05, 0) is 24.2 Å². The monoisotopic (exact) mass is 353 g/mol. The maximum Gasteiger partial charge on any atom is 0.139 e. The summed E-state index contributed by atoms with van der Waals surface area (Å²) in [5, 5.41) is 5.12. The van der Waals surface area contributed by atoms with Crippen LogP contribution in [0.4, 0.5) is 5.69 Å². The molecule has 1 aromatic carbocycles. The van der Waals surface area contributed by atoms with Crippen LogP contribution in [0.15, 0.2) is 24.4 Å².